The molecular weight excluding hydrogens is 270 g/mol. The number of benzene rings is 1. The smallest absolute Gasteiger partial charge is 0.220 e. The zero-order chi connectivity index (χ0) is 14.9. The number of aromatic nitrogens is 2. The topological polar surface area (TPSA) is 87.2 Å². The lowest BCUT2D eigenvalue weighted by Gasteiger charge is -2.05. The molecule has 6 nitrogen and oxygen atoms in total. The van der Waals surface area contributed by atoms with Gasteiger partial charge in [-0.2, -0.15) is 0 Å². The number of aryl methyl sites for hydroxylation is 1. The molecule has 0 radical (unpaired) electrons. The van der Waals surface area contributed by atoms with Crippen molar-refractivity contribution in [3.8, 4) is 0 Å². The van der Waals surface area contributed by atoms with Gasteiger partial charge in [-0.25, -0.2) is 4.98 Å². The van der Waals surface area contributed by atoms with Gasteiger partial charge in [-0.05, 0) is 18.6 Å². The van der Waals surface area contributed by atoms with Crippen molar-refractivity contribution in [1.29, 1.82) is 0 Å². The van der Waals surface area contributed by atoms with Crippen molar-refractivity contribution in [1.82, 2.24) is 15.3 Å². The number of fused-ring (bicyclic) bond motifs is 1. The van der Waals surface area contributed by atoms with Crippen LogP contribution in [-0.2, 0) is 16.0 Å². The van der Waals surface area contributed by atoms with Crippen molar-refractivity contribution in [2.75, 3.05) is 26.4 Å². The highest BCUT2D eigenvalue weighted by molar-refractivity contribution is 5.77. The summed E-state index contributed by atoms with van der Waals surface area (Å²) in [6, 6.07) is 7.81. The number of carbonyl (C=O) groups is 1. The second-order valence-corrected chi connectivity index (χ2v) is 4.74. The molecule has 0 unspecified atom stereocenters. The Labute approximate surface area is 123 Å². The van der Waals surface area contributed by atoms with Crippen LogP contribution in [0.3, 0.4) is 0 Å². The summed E-state index contributed by atoms with van der Waals surface area (Å²) in [7, 11) is 0. The third-order valence-corrected chi connectivity index (χ3v) is 3.05. The molecule has 2 aromatic rings. The predicted octanol–water partition coefficient (Wildman–Crippen LogP) is 1.01. The molecule has 0 bridgehead atoms. The number of aliphatic hydroxyl groups is 1. The van der Waals surface area contributed by atoms with Crippen molar-refractivity contribution < 1.29 is 14.6 Å². The van der Waals surface area contributed by atoms with E-state index in [9.17, 15) is 4.79 Å². The number of ether oxygens (including phenoxy) is 1. The Morgan fingerprint density at radius 1 is 1.33 bits per heavy atom. The van der Waals surface area contributed by atoms with Crippen LogP contribution in [0.4, 0.5) is 0 Å². The van der Waals surface area contributed by atoms with Crippen molar-refractivity contribution in [3.05, 3.63) is 30.1 Å². The van der Waals surface area contributed by atoms with Gasteiger partial charge < -0.3 is 20.1 Å². The zero-order valence-electron chi connectivity index (χ0n) is 12.0. The Morgan fingerprint density at radius 2 is 2.19 bits per heavy atom. The van der Waals surface area contributed by atoms with Crippen LogP contribution in [0, 0.1) is 0 Å². The summed E-state index contributed by atoms with van der Waals surface area (Å²) in [6.07, 6.45) is 1.76. The van der Waals surface area contributed by atoms with Crippen molar-refractivity contribution >= 4 is 16.9 Å². The van der Waals surface area contributed by atoms with E-state index in [0.29, 0.717) is 32.6 Å². The highest BCUT2D eigenvalue weighted by atomic mass is 16.5. The predicted molar refractivity (Wildman–Crippen MR) is 79.9 cm³/mol. The number of imidazole rings is 1. The van der Waals surface area contributed by atoms with Gasteiger partial charge in [0.15, 0.2) is 0 Å². The van der Waals surface area contributed by atoms with Crippen LogP contribution in [0.15, 0.2) is 24.3 Å². The van der Waals surface area contributed by atoms with E-state index in [1.807, 2.05) is 24.3 Å². The molecule has 1 aromatic carbocycles. The molecule has 6 heteroatoms. The normalized spacial score (nSPS) is 10.9. The molecule has 0 saturated carbocycles. The number of H-pyrrole nitrogens is 1. The van der Waals surface area contributed by atoms with E-state index >= 15 is 0 Å². The number of para-hydroxylation sites is 2. The van der Waals surface area contributed by atoms with Gasteiger partial charge in [-0.15, -0.1) is 0 Å². The zero-order valence-corrected chi connectivity index (χ0v) is 12.0. The Bertz CT molecular complexity index is 535. The molecule has 0 saturated heterocycles. The minimum Gasteiger partial charge on any atom is -0.394 e. The SMILES string of the molecule is O=C(CCc1nc2ccccc2[nH]1)NCCCOCCO. The molecule has 1 heterocycles. The lowest BCUT2D eigenvalue weighted by Crippen LogP contribution is -2.25. The van der Waals surface area contributed by atoms with Crippen LogP contribution in [0.25, 0.3) is 11.0 Å². The summed E-state index contributed by atoms with van der Waals surface area (Å²) < 4.78 is 5.11. The number of hydrogen-bond acceptors (Lipinski definition) is 4. The maximum absolute atomic E-state index is 11.7. The summed E-state index contributed by atoms with van der Waals surface area (Å²) >= 11 is 0. The Balaban J connectivity index is 1.64. The molecule has 114 valence electrons. The number of carbonyl (C=O) groups excluding carboxylic acids is 1. The van der Waals surface area contributed by atoms with Crippen LogP contribution in [0.2, 0.25) is 0 Å². The molecule has 0 spiro atoms. The van der Waals surface area contributed by atoms with Gasteiger partial charge >= 0.3 is 0 Å². The second-order valence-electron chi connectivity index (χ2n) is 4.74. The third-order valence-electron chi connectivity index (χ3n) is 3.05. The molecule has 0 fully saturated rings. The maximum atomic E-state index is 11.7. The molecule has 21 heavy (non-hydrogen) atoms. The monoisotopic (exact) mass is 291 g/mol. The molecular formula is C15H21N3O3. The van der Waals surface area contributed by atoms with E-state index in [1.165, 1.54) is 0 Å². The Hall–Kier alpha value is -1.92. The molecule has 1 amide bonds. The molecule has 0 aliphatic carbocycles. The summed E-state index contributed by atoms with van der Waals surface area (Å²) in [5, 5.41) is 11.4. The molecule has 0 aliphatic heterocycles. The van der Waals surface area contributed by atoms with Crippen molar-refractivity contribution in [2.45, 2.75) is 19.3 Å². The molecule has 2 rings (SSSR count). The highest BCUT2D eigenvalue weighted by Crippen LogP contribution is 2.11. The van der Waals surface area contributed by atoms with Crippen molar-refractivity contribution in [3.63, 3.8) is 0 Å². The molecule has 0 aliphatic rings. The minimum absolute atomic E-state index is 0.0117. The first-order valence-corrected chi connectivity index (χ1v) is 7.18. The van der Waals surface area contributed by atoms with E-state index < -0.39 is 0 Å². The standard InChI is InChI=1S/C15H21N3O3/c19-9-11-21-10-3-8-16-15(20)7-6-14-17-12-4-1-2-5-13(12)18-14/h1-2,4-5,19H,3,6-11H2,(H,16,20)(H,17,18). The first kappa shape index (κ1) is 15.5. The lowest BCUT2D eigenvalue weighted by atomic mass is 10.3. The number of hydrogen-bond donors (Lipinski definition) is 3. The largest absolute Gasteiger partial charge is 0.394 e. The second kappa shape index (κ2) is 8.39. The highest BCUT2D eigenvalue weighted by Gasteiger charge is 2.05. The van der Waals surface area contributed by atoms with Crippen LogP contribution in [0.5, 0.6) is 0 Å². The number of amides is 1. The molecule has 3 N–H and O–H groups in total. The lowest BCUT2D eigenvalue weighted by molar-refractivity contribution is -0.121. The fourth-order valence-electron chi connectivity index (χ4n) is 2.01. The van der Waals surface area contributed by atoms with Gasteiger partial charge in [0, 0.05) is 26.0 Å². The van der Waals surface area contributed by atoms with Crippen LogP contribution >= 0.6 is 0 Å². The third kappa shape index (κ3) is 5.17. The van der Waals surface area contributed by atoms with Gasteiger partial charge in [-0.3, -0.25) is 4.79 Å². The van der Waals surface area contributed by atoms with Gasteiger partial charge in [0.2, 0.25) is 5.91 Å². The van der Waals surface area contributed by atoms with E-state index in [0.717, 1.165) is 23.3 Å². The molecule has 0 atom stereocenters. The van der Waals surface area contributed by atoms with Crippen LogP contribution in [-0.4, -0.2) is 47.3 Å². The average Bonchev–Trinajstić information content (AvgIpc) is 2.91. The number of rotatable bonds is 9. The fourth-order valence-corrected chi connectivity index (χ4v) is 2.01. The molecule has 1 aromatic heterocycles. The van der Waals surface area contributed by atoms with E-state index in [1.54, 1.807) is 0 Å². The van der Waals surface area contributed by atoms with Crippen molar-refractivity contribution in [2.24, 2.45) is 0 Å². The quantitative estimate of drug-likeness (QED) is 0.602. The summed E-state index contributed by atoms with van der Waals surface area (Å²) in [4.78, 5) is 19.3. The van der Waals surface area contributed by atoms with Gasteiger partial charge in [0.1, 0.15) is 5.82 Å². The minimum atomic E-state index is 0.0117. The fraction of sp³-hybridized carbons (Fsp3) is 0.467. The number of aromatic amines is 1. The van der Waals surface area contributed by atoms with Gasteiger partial charge in [-0.1, -0.05) is 12.1 Å². The first-order valence-electron chi connectivity index (χ1n) is 7.18. The van der Waals surface area contributed by atoms with E-state index in [4.69, 9.17) is 9.84 Å². The van der Waals surface area contributed by atoms with Gasteiger partial charge in [0.25, 0.3) is 0 Å². The number of nitrogens with one attached hydrogen (secondary N) is 2. The Morgan fingerprint density at radius 3 is 3.00 bits per heavy atom. The van der Waals surface area contributed by atoms with Gasteiger partial charge in [0.05, 0.1) is 24.2 Å². The average molecular weight is 291 g/mol. The summed E-state index contributed by atoms with van der Waals surface area (Å²) in [6.45, 7) is 1.51. The summed E-state index contributed by atoms with van der Waals surface area (Å²) in [5.74, 6) is 0.843. The van der Waals surface area contributed by atoms with Crippen LogP contribution in [0.1, 0.15) is 18.7 Å². The van der Waals surface area contributed by atoms with E-state index in [-0.39, 0.29) is 12.5 Å². The number of nitrogens with zero attached hydrogens (tertiary/aromatic N) is 1. The maximum Gasteiger partial charge on any atom is 0.220 e. The first-order chi connectivity index (χ1) is 10.3. The number of aliphatic hydroxyl groups excluding tert-OH is 1. The summed E-state index contributed by atoms with van der Waals surface area (Å²) in [5.41, 5.74) is 1.92. The van der Waals surface area contributed by atoms with E-state index in [2.05, 4.69) is 15.3 Å². The Kier molecular flexibility index (Phi) is 6.18. The van der Waals surface area contributed by atoms with Crippen LogP contribution < -0.4 is 5.32 Å².